The first-order valence-electron chi connectivity index (χ1n) is 9.92. The number of esters is 1. The third-order valence-corrected chi connectivity index (χ3v) is 4.57. The van der Waals surface area contributed by atoms with E-state index in [-0.39, 0.29) is 17.9 Å². The van der Waals surface area contributed by atoms with Crippen LogP contribution in [0.25, 0.3) is 0 Å². The molecule has 0 saturated heterocycles. The number of hydrogen-bond acceptors (Lipinski definition) is 6. The summed E-state index contributed by atoms with van der Waals surface area (Å²) in [5.41, 5.74) is 4.83. The van der Waals surface area contributed by atoms with Gasteiger partial charge in [-0.1, -0.05) is 30.7 Å². The van der Waals surface area contributed by atoms with Crippen LogP contribution in [-0.4, -0.2) is 33.6 Å². The second-order valence-electron chi connectivity index (χ2n) is 7.81. The number of hydrogen-bond donors (Lipinski definition) is 2. The lowest BCUT2D eigenvalue weighted by atomic mass is 10.1. The Morgan fingerprint density at radius 3 is 2.40 bits per heavy atom. The summed E-state index contributed by atoms with van der Waals surface area (Å²) >= 11 is 6.01. The van der Waals surface area contributed by atoms with Gasteiger partial charge in [-0.05, 0) is 58.7 Å². The average Bonchev–Trinajstić information content (AvgIpc) is 2.94. The molecule has 1 heterocycles. The molecule has 0 atom stereocenters. The summed E-state index contributed by atoms with van der Waals surface area (Å²) in [5.74, 6) is -0.715. The molecule has 1 aromatic carbocycles. The lowest BCUT2D eigenvalue weighted by molar-refractivity contribution is -0.0715. The Labute approximate surface area is 182 Å². The van der Waals surface area contributed by atoms with Crippen LogP contribution in [0.4, 0.5) is 0 Å². The number of rotatable bonds is 8. The first-order chi connectivity index (χ1) is 14.1. The van der Waals surface area contributed by atoms with Crippen molar-refractivity contribution in [3.63, 3.8) is 0 Å². The smallest absolute Gasteiger partial charge is 0.343 e. The Kier molecular flexibility index (Phi) is 7.92. The van der Waals surface area contributed by atoms with Gasteiger partial charge >= 0.3 is 5.97 Å². The second kappa shape index (κ2) is 10.00. The molecule has 7 nitrogen and oxygen atoms in total. The predicted molar refractivity (Wildman–Crippen MR) is 118 cm³/mol. The summed E-state index contributed by atoms with van der Waals surface area (Å²) in [6.45, 7) is 11.7. The van der Waals surface area contributed by atoms with Gasteiger partial charge in [0.05, 0.1) is 17.9 Å². The number of nitrogens with one attached hydrogen (secondary N) is 1. The predicted octanol–water partition coefficient (Wildman–Crippen LogP) is 4.68. The molecule has 30 heavy (non-hydrogen) atoms. The van der Waals surface area contributed by atoms with Gasteiger partial charge in [0.15, 0.2) is 5.75 Å². The van der Waals surface area contributed by atoms with Gasteiger partial charge in [-0.2, -0.15) is 10.7 Å². The highest BCUT2D eigenvalue weighted by atomic mass is 35.5. The van der Waals surface area contributed by atoms with Gasteiger partial charge in [0.25, 0.3) is 0 Å². The van der Waals surface area contributed by atoms with Gasteiger partial charge in [-0.15, -0.1) is 0 Å². The maximum Gasteiger partial charge on any atom is 0.343 e. The Balaban J connectivity index is 2.57. The van der Waals surface area contributed by atoms with Crippen LogP contribution in [0.15, 0.2) is 29.4 Å². The fourth-order valence-corrected chi connectivity index (χ4v) is 3.16. The Bertz CT molecular complexity index is 912. The van der Waals surface area contributed by atoms with Crippen LogP contribution in [0.1, 0.15) is 68.9 Å². The highest BCUT2D eigenvalue weighted by Gasteiger charge is 2.29. The summed E-state index contributed by atoms with van der Waals surface area (Å²) in [6.07, 6.45) is 0.522. The first-order valence-corrected chi connectivity index (χ1v) is 10.3. The summed E-state index contributed by atoms with van der Waals surface area (Å²) < 4.78 is 7.06. The molecule has 0 aliphatic heterocycles. The van der Waals surface area contributed by atoms with Crippen LogP contribution in [0, 0.1) is 0 Å². The number of carbonyl (C=O) groups is 1. The number of halogens is 1. The standard InChI is InChI=1S/C22H30ClN3O4/c1-7-17-18(21(28)29-8-2)20(27)19(14(3)24-25-30-22(4,5)6)26(17)13-15-9-11-16(23)12-10-15/h9-12,25,27H,7-8,13H2,1-6H3/b24-14+. The number of nitrogens with zero attached hydrogens (tertiary/aromatic N) is 2. The Morgan fingerprint density at radius 2 is 1.87 bits per heavy atom. The van der Waals surface area contributed by atoms with Crippen molar-refractivity contribution in [1.82, 2.24) is 10.2 Å². The number of carbonyl (C=O) groups excluding carboxylic acids is 1. The molecular formula is C22H30ClN3O4. The third-order valence-electron chi connectivity index (χ3n) is 4.32. The monoisotopic (exact) mass is 435 g/mol. The fourth-order valence-electron chi connectivity index (χ4n) is 3.03. The van der Waals surface area contributed by atoms with E-state index in [1.807, 2.05) is 44.4 Å². The molecule has 0 unspecified atom stereocenters. The van der Waals surface area contributed by atoms with Crippen molar-refractivity contribution in [3.8, 4) is 5.75 Å². The van der Waals surface area contributed by atoms with E-state index < -0.39 is 11.6 Å². The highest BCUT2D eigenvalue weighted by Crippen LogP contribution is 2.32. The molecule has 0 bridgehead atoms. The number of ether oxygens (including phenoxy) is 1. The van der Waals surface area contributed by atoms with Gasteiger partial charge < -0.3 is 14.4 Å². The number of hydrazone groups is 1. The van der Waals surface area contributed by atoms with E-state index in [4.69, 9.17) is 21.2 Å². The summed E-state index contributed by atoms with van der Waals surface area (Å²) in [6, 6.07) is 7.41. The minimum absolute atomic E-state index is 0.155. The summed E-state index contributed by atoms with van der Waals surface area (Å²) in [4.78, 5) is 18.0. The quantitative estimate of drug-likeness (QED) is 0.357. The number of aromatic nitrogens is 1. The maximum atomic E-state index is 12.6. The van der Waals surface area contributed by atoms with Crippen LogP contribution in [0.3, 0.4) is 0 Å². The molecule has 2 N–H and O–H groups in total. The van der Waals surface area contributed by atoms with E-state index in [9.17, 15) is 9.90 Å². The zero-order valence-corrected chi connectivity index (χ0v) is 19.1. The van der Waals surface area contributed by atoms with Crippen LogP contribution < -0.4 is 5.59 Å². The van der Waals surface area contributed by atoms with Crippen LogP contribution in [0.5, 0.6) is 5.75 Å². The highest BCUT2D eigenvalue weighted by molar-refractivity contribution is 6.30. The SMILES string of the molecule is CCOC(=O)c1c(O)c(/C(C)=N/NOC(C)(C)C)n(Cc2ccc(Cl)cc2)c1CC. The van der Waals surface area contributed by atoms with Gasteiger partial charge in [0.2, 0.25) is 0 Å². The lowest BCUT2D eigenvalue weighted by Crippen LogP contribution is -2.27. The molecule has 2 rings (SSSR count). The molecule has 2 aromatic rings. The minimum Gasteiger partial charge on any atom is -0.505 e. The Hall–Kier alpha value is -2.51. The van der Waals surface area contributed by atoms with Crippen molar-refractivity contribution in [2.24, 2.45) is 5.10 Å². The van der Waals surface area contributed by atoms with Crippen molar-refractivity contribution < 1.29 is 19.5 Å². The normalized spacial score (nSPS) is 12.2. The zero-order valence-electron chi connectivity index (χ0n) is 18.4. The molecular weight excluding hydrogens is 406 g/mol. The molecule has 164 valence electrons. The van der Waals surface area contributed by atoms with E-state index in [0.29, 0.717) is 35.1 Å². The largest absolute Gasteiger partial charge is 0.505 e. The molecule has 0 fully saturated rings. The molecule has 0 saturated carbocycles. The van der Waals surface area contributed by atoms with Crippen molar-refractivity contribution in [2.75, 3.05) is 6.61 Å². The van der Waals surface area contributed by atoms with E-state index in [1.165, 1.54) is 0 Å². The van der Waals surface area contributed by atoms with Crippen molar-refractivity contribution in [1.29, 1.82) is 0 Å². The Morgan fingerprint density at radius 1 is 1.23 bits per heavy atom. The summed E-state index contributed by atoms with van der Waals surface area (Å²) in [7, 11) is 0. The molecule has 0 aliphatic carbocycles. The van der Waals surface area contributed by atoms with Crippen LogP contribution in [0.2, 0.25) is 5.02 Å². The maximum absolute atomic E-state index is 12.6. The topological polar surface area (TPSA) is 85.1 Å². The van der Waals surface area contributed by atoms with E-state index >= 15 is 0 Å². The van der Waals surface area contributed by atoms with Gasteiger partial charge in [0, 0.05) is 17.3 Å². The van der Waals surface area contributed by atoms with E-state index in [2.05, 4.69) is 10.7 Å². The van der Waals surface area contributed by atoms with Crippen molar-refractivity contribution in [3.05, 3.63) is 51.8 Å². The van der Waals surface area contributed by atoms with Gasteiger partial charge in [-0.25, -0.2) is 4.79 Å². The number of benzene rings is 1. The molecule has 1 aromatic heterocycles. The van der Waals surface area contributed by atoms with E-state index in [0.717, 1.165) is 5.56 Å². The molecule has 0 aliphatic rings. The van der Waals surface area contributed by atoms with Gasteiger partial charge in [-0.3, -0.25) is 4.84 Å². The van der Waals surface area contributed by atoms with Crippen molar-refractivity contribution >= 4 is 23.3 Å². The van der Waals surface area contributed by atoms with E-state index in [1.54, 1.807) is 26.0 Å². The lowest BCUT2D eigenvalue weighted by Gasteiger charge is -2.18. The number of aromatic hydroxyl groups is 1. The summed E-state index contributed by atoms with van der Waals surface area (Å²) in [5, 5.41) is 15.9. The third kappa shape index (κ3) is 5.77. The first kappa shape index (κ1) is 23.8. The van der Waals surface area contributed by atoms with Gasteiger partial charge in [0.1, 0.15) is 11.3 Å². The molecule has 0 spiro atoms. The molecule has 8 heteroatoms. The zero-order chi connectivity index (χ0) is 22.5. The van der Waals surface area contributed by atoms with Crippen LogP contribution in [-0.2, 0) is 22.5 Å². The fraction of sp³-hybridized carbons (Fsp3) is 0.455. The average molecular weight is 436 g/mol. The van der Waals surface area contributed by atoms with Crippen molar-refractivity contribution in [2.45, 2.75) is 60.1 Å². The second-order valence-corrected chi connectivity index (χ2v) is 8.24. The molecule has 0 radical (unpaired) electrons. The van der Waals surface area contributed by atoms with Crippen LogP contribution >= 0.6 is 11.6 Å². The minimum atomic E-state index is -0.561. The molecule has 0 amide bonds.